The molecule has 1 aliphatic carbocycles. The Morgan fingerprint density at radius 2 is 1.63 bits per heavy atom. The third kappa shape index (κ3) is 5.58. The van der Waals surface area contributed by atoms with Gasteiger partial charge in [0, 0.05) is 55.9 Å². The second kappa shape index (κ2) is 11.2. The van der Waals surface area contributed by atoms with Crippen LogP contribution in [0, 0.1) is 5.82 Å². The van der Waals surface area contributed by atoms with E-state index in [1.165, 1.54) is 6.33 Å². The fourth-order valence-electron chi connectivity index (χ4n) is 5.64. The van der Waals surface area contributed by atoms with Gasteiger partial charge in [-0.25, -0.2) is 15.0 Å². The number of rotatable bonds is 7. The topological polar surface area (TPSA) is 101 Å². The van der Waals surface area contributed by atoms with Crippen LogP contribution in [0.1, 0.15) is 32.1 Å². The molecule has 11 heteroatoms. The van der Waals surface area contributed by atoms with E-state index in [4.69, 9.17) is 9.47 Å². The average molecular weight is 523 g/mol. The predicted molar refractivity (Wildman–Crippen MR) is 144 cm³/mol. The van der Waals surface area contributed by atoms with Gasteiger partial charge in [-0.1, -0.05) is 0 Å². The molecule has 3 aliphatic rings. The zero-order valence-corrected chi connectivity index (χ0v) is 21.8. The molecule has 3 aromatic rings. The molecule has 0 radical (unpaired) electrons. The maximum atomic E-state index is 15.2. The molecule has 0 bridgehead atoms. The van der Waals surface area contributed by atoms with Gasteiger partial charge in [-0.2, -0.15) is 4.39 Å². The lowest BCUT2D eigenvalue weighted by Gasteiger charge is -2.31. The molecule has 2 aromatic heterocycles. The van der Waals surface area contributed by atoms with Crippen molar-refractivity contribution in [2.24, 2.45) is 0 Å². The van der Waals surface area contributed by atoms with Crippen LogP contribution in [0.3, 0.4) is 0 Å². The van der Waals surface area contributed by atoms with Crippen LogP contribution in [0.15, 0.2) is 30.9 Å². The summed E-state index contributed by atoms with van der Waals surface area (Å²) in [7, 11) is 2.07. The van der Waals surface area contributed by atoms with Crippen molar-refractivity contribution in [3.63, 3.8) is 0 Å². The Bertz CT molecular complexity index is 1250. The summed E-state index contributed by atoms with van der Waals surface area (Å²) >= 11 is 0. The molecular weight excluding hydrogens is 487 g/mol. The van der Waals surface area contributed by atoms with Crippen LogP contribution in [-0.2, 0) is 4.74 Å². The van der Waals surface area contributed by atoms with Crippen LogP contribution < -0.4 is 20.3 Å². The monoisotopic (exact) mass is 522 g/mol. The first-order chi connectivity index (χ1) is 18.6. The highest BCUT2D eigenvalue weighted by Gasteiger charge is 2.26. The molecular formula is C27H35FN8O2. The first kappa shape index (κ1) is 25.0. The molecule has 1 atom stereocenters. The normalized spacial score (nSPS) is 24.5. The number of fused-ring (bicyclic) bond motifs is 1. The van der Waals surface area contributed by atoms with E-state index in [0.717, 1.165) is 80.8 Å². The lowest BCUT2D eigenvalue weighted by molar-refractivity contribution is 0.122. The maximum Gasteiger partial charge on any atom is 0.207 e. The molecule has 38 heavy (non-hydrogen) atoms. The summed E-state index contributed by atoms with van der Waals surface area (Å²) in [5.41, 5.74) is 2.69. The lowest BCUT2D eigenvalue weighted by Crippen LogP contribution is -2.36. The van der Waals surface area contributed by atoms with E-state index in [9.17, 15) is 0 Å². The number of likely N-dealkylation sites (N-methyl/N-ethyl adjacent to an activating group) is 1. The molecule has 1 aromatic carbocycles. The first-order valence-electron chi connectivity index (χ1n) is 13.6. The number of benzene rings is 1. The summed E-state index contributed by atoms with van der Waals surface area (Å²) in [6, 6.07) is 4.49. The number of nitrogens with zero attached hydrogens (tertiary/aromatic N) is 6. The molecule has 6 rings (SSSR count). The van der Waals surface area contributed by atoms with E-state index in [1.54, 1.807) is 12.4 Å². The summed E-state index contributed by atoms with van der Waals surface area (Å²) in [5, 5.41) is 6.56. The van der Waals surface area contributed by atoms with E-state index < -0.39 is 5.82 Å². The van der Waals surface area contributed by atoms with Gasteiger partial charge < -0.3 is 29.9 Å². The zero-order chi connectivity index (χ0) is 25.9. The third-order valence-electron chi connectivity index (χ3n) is 7.73. The highest BCUT2D eigenvalue weighted by molar-refractivity contribution is 5.85. The number of halogens is 1. The summed E-state index contributed by atoms with van der Waals surface area (Å²) in [6.45, 7) is 5.00. The molecule has 2 aliphatic heterocycles. The van der Waals surface area contributed by atoms with Crippen LogP contribution >= 0.6 is 0 Å². The summed E-state index contributed by atoms with van der Waals surface area (Å²) < 4.78 is 27.2. The molecule has 0 spiro atoms. The van der Waals surface area contributed by atoms with Crippen LogP contribution in [0.5, 0.6) is 5.75 Å². The van der Waals surface area contributed by atoms with Gasteiger partial charge in [0.25, 0.3) is 0 Å². The predicted octanol–water partition coefficient (Wildman–Crippen LogP) is 3.31. The minimum atomic E-state index is -0.412. The minimum absolute atomic E-state index is 0.0602. The van der Waals surface area contributed by atoms with Gasteiger partial charge in [0.1, 0.15) is 17.6 Å². The first-order valence-corrected chi connectivity index (χ1v) is 13.6. The van der Waals surface area contributed by atoms with E-state index in [1.807, 2.05) is 0 Å². The zero-order valence-electron chi connectivity index (χ0n) is 21.8. The standard InChI is InChI=1S/C27H35FN8O2/c1-35-9-6-19(16-35)34-27-24(28)26(31-17-32-27)33-18-2-4-21(5-3-18)38-23-15-20(36-10-12-37-13-11-36)14-22-25(23)30-8-7-29-22/h7-8,14-15,17-19,21H,2-6,9-13,16H2,1H3,(H2,31,32,33,34)/t18?,19-,21?/m1/s1. The fraction of sp³-hybridized carbons (Fsp3) is 0.556. The third-order valence-corrected chi connectivity index (χ3v) is 7.73. The molecule has 2 saturated heterocycles. The molecule has 4 heterocycles. The van der Waals surface area contributed by atoms with Crippen molar-refractivity contribution in [1.82, 2.24) is 24.8 Å². The number of morpholine rings is 1. The summed E-state index contributed by atoms with van der Waals surface area (Å²) in [6.07, 6.45) is 9.30. The van der Waals surface area contributed by atoms with Crippen molar-refractivity contribution in [1.29, 1.82) is 0 Å². The van der Waals surface area contributed by atoms with Crippen molar-refractivity contribution < 1.29 is 13.9 Å². The molecule has 0 unspecified atom stereocenters. The number of hydrogen-bond donors (Lipinski definition) is 2. The number of hydrogen-bond acceptors (Lipinski definition) is 10. The highest BCUT2D eigenvalue weighted by Crippen LogP contribution is 2.33. The van der Waals surface area contributed by atoms with E-state index in [-0.39, 0.29) is 29.8 Å². The van der Waals surface area contributed by atoms with Gasteiger partial charge in [-0.05, 0) is 51.8 Å². The van der Waals surface area contributed by atoms with Crippen molar-refractivity contribution in [3.8, 4) is 5.75 Å². The quantitative estimate of drug-likeness (QED) is 0.481. The number of ether oxygens (including phenoxy) is 2. The Kier molecular flexibility index (Phi) is 7.37. The van der Waals surface area contributed by atoms with Gasteiger partial charge >= 0.3 is 0 Å². The van der Waals surface area contributed by atoms with Gasteiger partial charge in [0.05, 0.1) is 24.8 Å². The van der Waals surface area contributed by atoms with Gasteiger partial charge in [0.15, 0.2) is 11.6 Å². The Morgan fingerprint density at radius 3 is 2.37 bits per heavy atom. The van der Waals surface area contributed by atoms with Crippen LogP contribution in [0.25, 0.3) is 11.0 Å². The Morgan fingerprint density at radius 1 is 0.895 bits per heavy atom. The Hall–Kier alpha value is -3.31. The van der Waals surface area contributed by atoms with Gasteiger partial charge in [-0.15, -0.1) is 0 Å². The van der Waals surface area contributed by atoms with E-state index in [2.05, 4.69) is 59.5 Å². The smallest absolute Gasteiger partial charge is 0.207 e. The Balaban J connectivity index is 1.09. The Labute approximate surface area is 222 Å². The number of nitrogens with one attached hydrogen (secondary N) is 2. The van der Waals surface area contributed by atoms with Gasteiger partial charge in [0.2, 0.25) is 5.82 Å². The highest BCUT2D eigenvalue weighted by atomic mass is 19.1. The van der Waals surface area contributed by atoms with Gasteiger partial charge in [-0.3, -0.25) is 4.98 Å². The van der Waals surface area contributed by atoms with E-state index >= 15 is 4.39 Å². The number of anilines is 3. The fourth-order valence-corrected chi connectivity index (χ4v) is 5.64. The van der Waals surface area contributed by atoms with Crippen molar-refractivity contribution in [2.45, 2.75) is 50.3 Å². The second-order valence-electron chi connectivity index (χ2n) is 10.5. The minimum Gasteiger partial charge on any atom is -0.488 e. The average Bonchev–Trinajstić information content (AvgIpc) is 3.36. The lowest BCUT2D eigenvalue weighted by atomic mass is 9.93. The maximum absolute atomic E-state index is 15.2. The summed E-state index contributed by atoms with van der Waals surface area (Å²) in [4.78, 5) is 22.0. The van der Waals surface area contributed by atoms with Crippen LogP contribution in [0.4, 0.5) is 21.7 Å². The molecule has 0 amide bonds. The largest absolute Gasteiger partial charge is 0.488 e. The van der Waals surface area contributed by atoms with Crippen LogP contribution in [-0.4, -0.2) is 89.5 Å². The summed E-state index contributed by atoms with van der Waals surface area (Å²) in [5.74, 6) is 0.889. The molecule has 1 saturated carbocycles. The van der Waals surface area contributed by atoms with Crippen molar-refractivity contribution in [3.05, 3.63) is 36.7 Å². The van der Waals surface area contributed by atoms with Crippen LogP contribution in [0.2, 0.25) is 0 Å². The second-order valence-corrected chi connectivity index (χ2v) is 10.5. The van der Waals surface area contributed by atoms with Crippen molar-refractivity contribution >= 4 is 28.4 Å². The number of aromatic nitrogens is 4. The molecule has 3 fully saturated rings. The number of likely N-dealkylation sites (tertiary alicyclic amines) is 1. The van der Waals surface area contributed by atoms with E-state index in [0.29, 0.717) is 13.2 Å². The molecule has 10 nitrogen and oxygen atoms in total. The molecule has 2 N–H and O–H groups in total. The SMILES string of the molecule is CN1CC[C@@H](Nc2ncnc(NC3CCC(Oc4cc(N5CCOCC5)cc5nccnc45)CC3)c2F)C1. The molecule has 202 valence electrons. The van der Waals surface area contributed by atoms with Crippen molar-refractivity contribution in [2.75, 3.05) is 62.0 Å².